The van der Waals surface area contributed by atoms with Crippen molar-refractivity contribution in [1.29, 1.82) is 0 Å². The fraction of sp³-hybridized carbons (Fsp3) is 0.133. The van der Waals surface area contributed by atoms with Gasteiger partial charge in [-0.1, -0.05) is 48.0 Å². The van der Waals surface area contributed by atoms with Gasteiger partial charge in [-0.15, -0.1) is 6.42 Å². The molecule has 2 aromatic heterocycles. The molecule has 0 saturated heterocycles. The highest BCUT2D eigenvalue weighted by molar-refractivity contribution is 7.99. The van der Waals surface area contributed by atoms with Gasteiger partial charge in [0.25, 0.3) is 0 Å². The minimum atomic E-state index is -0.315. The van der Waals surface area contributed by atoms with Gasteiger partial charge in [0.2, 0.25) is 0 Å². The molecule has 0 bridgehead atoms. The maximum atomic E-state index is 12.1. The van der Waals surface area contributed by atoms with E-state index in [9.17, 15) is 4.79 Å². The predicted molar refractivity (Wildman–Crippen MR) is 83.3 cm³/mol. The number of hydrogen-bond acceptors (Lipinski definition) is 4. The number of aryl methyl sites for hydroxylation is 1. The van der Waals surface area contributed by atoms with Crippen molar-refractivity contribution >= 4 is 17.4 Å². The zero-order valence-electron chi connectivity index (χ0n) is 11.3. The number of rotatable bonds is 3. The predicted octanol–water partition coefficient (Wildman–Crippen LogP) is 2.12. The monoisotopic (exact) mass is 296 g/mol. The van der Waals surface area contributed by atoms with Gasteiger partial charge in [-0.05, 0) is 6.92 Å². The van der Waals surface area contributed by atoms with Crippen LogP contribution in [0.3, 0.4) is 0 Å². The Kier molecular flexibility index (Phi) is 3.50. The maximum Gasteiger partial charge on any atom is 0.350 e. The van der Waals surface area contributed by atoms with E-state index < -0.39 is 0 Å². The van der Waals surface area contributed by atoms with Crippen molar-refractivity contribution in [2.75, 3.05) is 5.75 Å². The first-order chi connectivity index (χ1) is 10.2. The van der Waals surface area contributed by atoms with E-state index in [1.807, 2.05) is 37.3 Å². The number of aromatic nitrogens is 4. The van der Waals surface area contributed by atoms with Crippen molar-refractivity contribution in [3.05, 3.63) is 46.4 Å². The summed E-state index contributed by atoms with van der Waals surface area (Å²) in [6.45, 7) is 1.91. The summed E-state index contributed by atoms with van der Waals surface area (Å²) < 4.78 is 1.29. The number of benzene rings is 1. The lowest BCUT2D eigenvalue weighted by atomic mass is 10.1. The summed E-state index contributed by atoms with van der Waals surface area (Å²) >= 11 is 1.32. The third-order valence-electron chi connectivity index (χ3n) is 3.04. The van der Waals surface area contributed by atoms with Gasteiger partial charge in [0.15, 0.2) is 10.8 Å². The molecule has 6 heteroatoms. The van der Waals surface area contributed by atoms with Crippen molar-refractivity contribution < 1.29 is 0 Å². The molecule has 0 atom stereocenters. The van der Waals surface area contributed by atoms with Crippen LogP contribution in [0.5, 0.6) is 0 Å². The van der Waals surface area contributed by atoms with Gasteiger partial charge in [-0.2, -0.15) is 9.61 Å². The molecule has 21 heavy (non-hydrogen) atoms. The van der Waals surface area contributed by atoms with Crippen LogP contribution in [0.25, 0.3) is 16.9 Å². The summed E-state index contributed by atoms with van der Waals surface area (Å²) in [6, 6.07) is 9.72. The molecular formula is C15H12N4OS. The zero-order chi connectivity index (χ0) is 14.8. The second-order valence-electron chi connectivity index (χ2n) is 4.41. The molecule has 0 fully saturated rings. The molecule has 0 saturated carbocycles. The fourth-order valence-electron chi connectivity index (χ4n) is 2.08. The van der Waals surface area contributed by atoms with Crippen LogP contribution < -0.4 is 5.69 Å². The molecule has 1 N–H and O–H groups in total. The largest absolute Gasteiger partial charge is 0.350 e. The van der Waals surface area contributed by atoms with Crippen LogP contribution in [-0.4, -0.2) is 25.3 Å². The van der Waals surface area contributed by atoms with Crippen LogP contribution >= 0.6 is 11.8 Å². The number of hydrogen-bond donors (Lipinski definition) is 1. The van der Waals surface area contributed by atoms with Gasteiger partial charge >= 0.3 is 5.69 Å². The first kappa shape index (κ1) is 13.5. The standard InChI is InChI=1S/C15H12N4OS/c1-3-9-21-14-16-13-10(2)12(11-7-5-4-6-8-11)18-19(13)15(20)17-14/h1,4-8H,9H2,2H3,(H,16,17,20). The SMILES string of the molecule is C#CCSc1nc2c(C)c(-c3ccccc3)nn2c(=O)[nH]1. The average Bonchev–Trinajstić information content (AvgIpc) is 2.84. The smallest absolute Gasteiger partial charge is 0.285 e. The summed E-state index contributed by atoms with van der Waals surface area (Å²) in [5, 5.41) is 4.87. The molecule has 0 spiro atoms. The number of fused-ring (bicyclic) bond motifs is 1. The van der Waals surface area contributed by atoms with Gasteiger partial charge < -0.3 is 0 Å². The molecule has 104 valence electrons. The minimum Gasteiger partial charge on any atom is -0.285 e. The molecule has 5 nitrogen and oxygen atoms in total. The molecule has 0 aliphatic heterocycles. The third-order valence-corrected chi connectivity index (χ3v) is 3.82. The second kappa shape index (κ2) is 5.46. The Hall–Kier alpha value is -2.52. The fourth-order valence-corrected chi connectivity index (χ4v) is 2.61. The molecule has 3 rings (SSSR count). The number of thioether (sulfide) groups is 1. The first-order valence-electron chi connectivity index (χ1n) is 6.32. The lowest BCUT2D eigenvalue weighted by Gasteiger charge is -1.98. The van der Waals surface area contributed by atoms with E-state index in [0.717, 1.165) is 16.8 Å². The Morgan fingerprint density at radius 1 is 1.38 bits per heavy atom. The molecule has 3 aromatic rings. The zero-order valence-corrected chi connectivity index (χ0v) is 12.1. The third kappa shape index (κ3) is 2.43. The van der Waals surface area contributed by atoms with Crippen molar-refractivity contribution in [2.45, 2.75) is 12.1 Å². The summed E-state index contributed by atoms with van der Waals surface area (Å²) in [7, 11) is 0. The molecule has 0 aliphatic carbocycles. The molecule has 0 amide bonds. The van der Waals surface area contributed by atoms with Gasteiger partial charge in [0, 0.05) is 11.1 Å². The van der Waals surface area contributed by atoms with Crippen LogP contribution in [0, 0.1) is 19.3 Å². The van der Waals surface area contributed by atoms with Crippen LogP contribution in [0.15, 0.2) is 40.3 Å². The van der Waals surface area contributed by atoms with E-state index in [4.69, 9.17) is 6.42 Å². The number of nitrogens with one attached hydrogen (secondary N) is 1. The first-order valence-corrected chi connectivity index (χ1v) is 7.30. The Morgan fingerprint density at radius 2 is 2.14 bits per heavy atom. The Balaban J connectivity index is 2.19. The van der Waals surface area contributed by atoms with Gasteiger partial charge in [-0.25, -0.2) is 9.78 Å². The van der Waals surface area contributed by atoms with Crippen LogP contribution in [0.1, 0.15) is 5.56 Å². The Morgan fingerprint density at radius 3 is 2.86 bits per heavy atom. The normalized spacial score (nSPS) is 10.7. The minimum absolute atomic E-state index is 0.315. The van der Waals surface area contributed by atoms with Gasteiger partial charge in [0.05, 0.1) is 11.4 Å². The second-order valence-corrected chi connectivity index (χ2v) is 5.38. The van der Waals surface area contributed by atoms with Crippen LogP contribution in [0.2, 0.25) is 0 Å². The topological polar surface area (TPSA) is 63.1 Å². The molecular weight excluding hydrogens is 284 g/mol. The Labute approximate surface area is 125 Å². The lowest BCUT2D eigenvalue weighted by Crippen LogP contribution is -2.19. The number of H-pyrrole nitrogens is 1. The summed E-state index contributed by atoms with van der Waals surface area (Å²) in [4.78, 5) is 19.2. The van der Waals surface area contributed by atoms with E-state index in [1.54, 1.807) is 0 Å². The van der Waals surface area contributed by atoms with Crippen molar-refractivity contribution in [1.82, 2.24) is 19.6 Å². The van der Waals surface area contributed by atoms with Crippen LogP contribution in [-0.2, 0) is 0 Å². The van der Waals surface area contributed by atoms with Crippen LogP contribution in [0.4, 0.5) is 0 Å². The number of terminal acetylenes is 1. The lowest BCUT2D eigenvalue weighted by molar-refractivity contribution is 0.788. The number of nitrogens with zero attached hydrogens (tertiary/aromatic N) is 3. The van der Waals surface area contributed by atoms with Crippen molar-refractivity contribution in [3.8, 4) is 23.6 Å². The van der Waals surface area contributed by atoms with E-state index in [0.29, 0.717) is 16.6 Å². The van der Waals surface area contributed by atoms with Crippen molar-refractivity contribution in [2.24, 2.45) is 0 Å². The Bertz CT molecular complexity index is 890. The van der Waals surface area contributed by atoms with Gasteiger partial charge in [0.1, 0.15) is 0 Å². The molecule has 0 aliphatic rings. The van der Waals surface area contributed by atoms with E-state index in [-0.39, 0.29) is 5.69 Å². The summed E-state index contributed by atoms with van der Waals surface area (Å²) in [5.74, 6) is 2.96. The van der Waals surface area contributed by atoms with Gasteiger partial charge in [-0.3, -0.25) is 4.98 Å². The van der Waals surface area contributed by atoms with E-state index in [2.05, 4.69) is 21.0 Å². The molecule has 1 aromatic carbocycles. The maximum absolute atomic E-state index is 12.1. The molecule has 0 radical (unpaired) electrons. The highest BCUT2D eigenvalue weighted by atomic mass is 32.2. The summed E-state index contributed by atoms with van der Waals surface area (Å²) in [5.41, 5.74) is 2.82. The van der Waals surface area contributed by atoms with Crippen molar-refractivity contribution in [3.63, 3.8) is 0 Å². The molecule has 0 unspecified atom stereocenters. The van der Waals surface area contributed by atoms with E-state index in [1.165, 1.54) is 16.3 Å². The summed E-state index contributed by atoms with van der Waals surface area (Å²) in [6.07, 6.45) is 5.23. The van der Waals surface area contributed by atoms with E-state index >= 15 is 0 Å². The quantitative estimate of drug-likeness (QED) is 0.594. The average molecular weight is 296 g/mol. The highest BCUT2D eigenvalue weighted by Crippen LogP contribution is 2.24. The highest BCUT2D eigenvalue weighted by Gasteiger charge is 2.14. The molecule has 2 heterocycles. The number of aromatic amines is 1.